The normalized spacial score (nSPS) is 20.9. The number of carbonyl (C=O) groups is 1. The smallest absolute Gasteiger partial charge is 0.257 e. The van der Waals surface area contributed by atoms with Gasteiger partial charge in [0.25, 0.3) is 5.91 Å². The number of hydrogen-bond donors (Lipinski definition) is 1. The predicted molar refractivity (Wildman–Crippen MR) is 106 cm³/mol. The van der Waals surface area contributed by atoms with Crippen molar-refractivity contribution in [3.63, 3.8) is 0 Å². The second-order valence-corrected chi connectivity index (χ2v) is 10.5. The molecule has 2 aliphatic rings. The number of sulfone groups is 1. The van der Waals surface area contributed by atoms with Crippen molar-refractivity contribution in [2.75, 3.05) is 23.1 Å². The minimum Gasteiger partial charge on any atom is -0.306 e. The van der Waals surface area contributed by atoms with Crippen molar-refractivity contribution in [2.45, 2.75) is 28.9 Å². The van der Waals surface area contributed by atoms with Crippen LogP contribution < -0.4 is 5.32 Å². The standard InChI is InChI=1S/C17H19N3O3S3/c1-24-15-5-3-2-4-12(15)17(21)18-16-13-8-25-9-14(13)19-20(16)11-6-7-26(22,23)10-11/h2-5,11H,6-10H2,1H3,(H,18,21). The van der Waals surface area contributed by atoms with E-state index >= 15 is 0 Å². The third-order valence-corrected chi connectivity index (χ3v) is 8.23. The summed E-state index contributed by atoms with van der Waals surface area (Å²) >= 11 is 3.28. The number of amides is 1. The van der Waals surface area contributed by atoms with Gasteiger partial charge in [-0.3, -0.25) is 4.79 Å². The molecule has 138 valence electrons. The van der Waals surface area contributed by atoms with Gasteiger partial charge in [0.05, 0.1) is 28.8 Å². The molecule has 0 saturated carbocycles. The second kappa shape index (κ2) is 6.94. The van der Waals surface area contributed by atoms with E-state index in [0.717, 1.165) is 27.7 Å². The molecule has 0 bridgehead atoms. The van der Waals surface area contributed by atoms with Crippen molar-refractivity contribution < 1.29 is 13.2 Å². The average molecular weight is 410 g/mol. The Bertz CT molecular complexity index is 969. The molecular formula is C17H19N3O3S3. The van der Waals surface area contributed by atoms with E-state index in [9.17, 15) is 13.2 Å². The summed E-state index contributed by atoms with van der Waals surface area (Å²) in [6.45, 7) is 0. The van der Waals surface area contributed by atoms with Crippen LogP contribution in [0.15, 0.2) is 29.2 Å². The van der Waals surface area contributed by atoms with Gasteiger partial charge >= 0.3 is 0 Å². The van der Waals surface area contributed by atoms with Crippen LogP contribution in [0.5, 0.6) is 0 Å². The second-order valence-electron chi connectivity index (χ2n) is 6.42. The zero-order valence-electron chi connectivity index (χ0n) is 14.3. The lowest BCUT2D eigenvalue weighted by molar-refractivity contribution is 0.102. The van der Waals surface area contributed by atoms with Gasteiger partial charge in [-0.15, -0.1) is 11.8 Å². The molecule has 1 amide bonds. The van der Waals surface area contributed by atoms with E-state index in [1.165, 1.54) is 11.8 Å². The maximum Gasteiger partial charge on any atom is 0.257 e. The lowest BCUT2D eigenvalue weighted by Crippen LogP contribution is -2.20. The van der Waals surface area contributed by atoms with Gasteiger partial charge in [-0.2, -0.15) is 16.9 Å². The van der Waals surface area contributed by atoms with Gasteiger partial charge in [-0.05, 0) is 24.8 Å². The Balaban J connectivity index is 1.69. The van der Waals surface area contributed by atoms with Gasteiger partial charge in [0.15, 0.2) is 9.84 Å². The molecule has 1 unspecified atom stereocenters. The highest BCUT2D eigenvalue weighted by molar-refractivity contribution is 7.98. The SMILES string of the molecule is CSc1ccccc1C(=O)Nc1c2c(nn1C1CCS(=O)(=O)C1)CSC2. The van der Waals surface area contributed by atoms with Crippen LogP contribution in [0.1, 0.15) is 34.1 Å². The zero-order valence-corrected chi connectivity index (χ0v) is 16.7. The fraction of sp³-hybridized carbons (Fsp3) is 0.412. The van der Waals surface area contributed by atoms with Gasteiger partial charge in [0, 0.05) is 22.0 Å². The molecule has 2 aromatic rings. The number of aromatic nitrogens is 2. The van der Waals surface area contributed by atoms with Crippen LogP contribution in [0.25, 0.3) is 0 Å². The Hall–Kier alpha value is -1.45. The molecule has 3 heterocycles. The van der Waals surface area contributed by atoms with E-state index in [-0.39, 0.29) is 23.5 Å². The third-order valence-electron chi connectivity index (χ3n) is 4.71. The van der Waals surface area contributed by atoms with Crippen molar-refractivity contribution in [1.82, 2.24) is 9.78 Å². The summed E-state index contributed by atoms with van der Waals surface area (Å²) in [5, 5.41) is 7.67. The Kier molecular flexibility index (Phi) is 4.79. The summed E-state index contributed by atoms with van der Waals surface area (Å²) in [4.78, 5) is 13.8. The van der Waals surface area contributed by atoms with Crippen LogP contribution in [0.3, 0.4) is 0 Å². The fourth-order valence-electron chi connectivity index (χ4n) is 3.41. The van der Waals surface area contributed by atoms with Gasteiger partial charge in [-0.1, -0.05) is 12.1 Å². The summed E-state index contributed by atoms with van der Waals surface area (Å²) in [5.74, 6) is 2.33. The highest BCUT2D eigenvalue weighted by Crippen LogP contribution is 2.38. The molecule has 6 nitrogen and oxygen atoms in total. The first-order chi connectivity index (χ1) is 12.5. The van der Waals surface area contributed by atoms with Crippen LogP contribution >= 0.6 is 23.5 Å². The Morgan fingerprint density at radius 3 is 2.88 bits per heavy atom. The minimum absolute atomic E-state index is 0.0883. The summed E-state index contributed by atoms with van der Waals surface area (Å²) < 4.78 is 25.5. The molecule has 0 radical (unpaired) electrons. The minimum atomic E-state index is -3.03. The van der Waals surface area contributed by atoms with Crippen molar-refractivity contribution in [3.8, 4) is 0 Å². The van der Waals surface area contributed by atoms with E-state index < -0.39 is 9.84 Å². The number of carbonyl (C=O) groups excluding carboxylic acids is 1. The van der Waals surface area contributed by atoms with Crippen LogP contribution in [0.2, 0.25) is 0 Å². The predicted octanol–water partition coefficient (Wildman–Crippen LogP) is 2.96. The Morgan fingerprint density at radius 2 is 2.15 bits per heavy atom. The third kappa shape index (κ3) is 3.27. The monoisotopic (exact) mass is 409 g/mol. The maximum atomic E-state index is 12.9. The number of nitrogens with one attached hydrogen (secondary N) is 1. The highest BCUT2D eigenvalue weighted by atomic mass is 32.2. The van der Waals surface area contributed by atoms with E-state index in [4.69, 9.17) is 0 Å². The molecule has 1 atom stereocenters. The number of anilines is 1. The number of benzene rings is 1. The number of thioether (sulfide) groups is 2. The van der Waals surface area contributed by atoms with Crippen LogP contribution in [0.4, 0.5) is 5.82 Å². The first-order valence-corrected chi connectivity index (χ1v) is 12.5. The molecule has 4 rings (SSSR count). The molecule has 26 heavy (non-hydrogen) atoms. The van der Waals surface area contributed by atoms with E-state index in [1.54, 1.807) is 22.5 Å². The van der Waals surface area contributed by atoms with Crippen LogP contribution in [0, 0.1) is 0 Å². The molecule has 1 N–H and O–H groups in total. The van der Waals surface area contributed by atoms with E-state index in [0.29, 0.717) is 17.8 Å². The summed E-state index contributed by atoms with van der Waals surface area (Å²) in [6.07, 6.45) is 2.48. The van der Waals surface area contributed by atoms with Crippen molar-refractivity contribution >= 4 is 45.1 Å². The van der Waals surface area contributed by atoms with Crippen molar-refractivity contribution in [1.29, 1.82) is 0 Å². The Morgan fingerprint density at radius 1 is 1.35 bits per heavy atom. The lowest BCUT2D eigenvalue weighted by atomic mass is 10.2. The van der Waals surface area contributed by atoms with Gasteiger partial charge < -0.3 is 5.32 Å². The van der Waals surface area contributed by atoms with Gasteiger partial charge in [0.1, 0.15) is 5.82 Å². The summed E-state index contributed by atoms with van der Waals surface area (Å²) in [6, 6.07) is 7.26. The van der Waals surface area contributed by atoms with Crippen molar-refractivity contribution in [3.05, 3.63) is 41.1 Å². The molecule has 9 heteroatoms. The number of fused-ring (bicyclic) bond motifs is 1. The Labute approximate surface area is 161 Å². The first-order valence-electron chi connectivity index (χ1n) is 8.31. The summed E-state index contributed by atoms with van der Waals surface area (Å²) in [7, 11) is -3.03. The van der Waals surface area contributed by atoms with E-state index in [2.05, 4.69) is 10.4 Å². The number of hydrogen-bond acceptors (Lipinski definition) is 6. The van der Waals surface area contributed by atoms with Gasteiger partial charge in [0.2, 0.25) is 0 Å². The molecule has 1 fully saturated rings. The maximum absolute atomic E-state index is 12.9. The summed E-state index contributed by atoms with van der Waals surface area (Å²) in [5.41, 5.74) is 2.59. The molecule has 1 aromatic heterocycles. The topological polar surface area (TPSA) is 81.1 Å². The highest BCUT2D eigenvalue weighted by Gasteiger charge is 2.34. The molecule has 1 aromatic carbocycles. The molecule has 0 aliphatic carbocycles. The molecule has 0 spiro atoms. The largest absolute Gasteiger partial charge is 0.306 e. The molecule has 1 saturated heterocycles. The lowest BCUT2D eigenvalue weighted by Gasteiger charge is -2.16. The first kappa shape index (κ1) is 17.9. The number of rotatable bonds is 4. The zero-order chi connectivity index (χ0) is 18.3. The quantitative estimate of drug-likeness (QED) is 0.782. The van der Waals surface area contributed by atoms with Crippen LogP contribution in [-0.4, -0.2) is 41.9 Å². The van der Waals surface area contributed by atoms with E-state index in [1.807, 2.05) is 24.5 Å². The van der Waals surface area contributed by atoms with Crippen molar-refractivity contribution in [2.24, 2.45) is 0 Å². The van der Waals surface area contributed by atoms with Gasteiger partial charge in [-0.25, -0.2) is 13.1 Å². The fourth-order valence-corrected chi connectivity index (χ4v) is 6.73. The van der Waals surface area contributed by atoms with Crippen LogP contribution in [-0.2, 0) is 21.3 Å². The number of nitrogens with zero attached hydrogens (tertiary/aromatic N) is 2. The average Bonchev–Trinajstić information content (AvgIpc) is 3.30. The molecular weight excluding hydrogens is 390 g/mol. The molecule has 2 aliphatic heterocycles.